The molecule has 136 valence electrons. The number of carbonyl (C=O) groups excluding carboxylic acids is 1. The Bertz CT molecular complexity index is 1060. The van der Waals surface area contributed by atoms with Crippen LogP contribution < -0.4 is 4.90 Å². The molecule has 0 atom stereocenters. The maximum absolute atomic E-state index is 12.9. The number of anilines is 1. The highest BCUT2D eigenvalue weighted by molar-refractivity contribution is 6.08. The molecule has 1 fully saturated rings. The predicted octanol–water partition coefficient (Wildman–Crippen LogP) is 3.42. The summed E-state index contributed by atoms with van der Waals surface area (Å²) < 4.78 is 1.96. The lowest BCUT2D eigenvalue weighted by atomic mass is 9.87. The average Bonchev–Trinajstić information content (AvgIpc) is 3.31. The van der Waals surface area contributed by atoms with Crippen LogP contribution in [0.3, 0.4) is 0 Å². The summed E-state index contributed by atoms with van der Waals surface area (Å²) in [5, 5.41) is 0. The molecule has 4 heterocycles. The van der Waals surface area contributed by atoms with Gasteiger partial charge in [0.2, 0.25) is 5.91 Å². The number of rotatable bonds is 3. The molecule has 0 N–H and O–H groups in total. The lowest BCUT2D eigenvalue weighted by Gasteiger charge is -2.19. The van der Waals surface area contributed by atoms with Crippen LogP contribution in [0, 0.1) is 6.92 Å². The van der Waals surface area contributed by atoms with Gasteiger partial charge in [0, 0.05) is 41.6 Å². The van der Waals surface area contributed by atoms with Crippen molar-refractivity contribution < 1.29 is 4.79 Å². The van der Waals surface area contributed by atoms with Gasteiger partial charge < -0.3 is 9.47 Å². The van der Waals surface area contributed by atoms with Gasteiger partial charge in [-0.1, -0.05) is 0 Å². The molecule has 0 spiro atoms. The first-order valence-corrected chi connectivity index (χ1v) is 9.27. The third-order valence-electron chi connectivity index (χ3n) is 5.50. The first kappa shape index (κ1) is 16.2. The fourth-order valence-corrected chi connectivity index (χ4v) is 3.77. The predicted molar refractivity (Wildman–Crippen MR) is 103 cm³/mol. The molecule has 1 amide bonds. The second-order valence-electron chi connectivity index (χ2n) is 7.94. The molecular weight excluding hydrogens is 338 g/mol. The zero-order valence-electron chi connectivity index (χ0n) is 15.7. The fraction of sp³-hybridized carbons (Fsp3) is 0.333. The van der Waals surface area contributed by atoms with E-state index in [9.17, 15) is 4.79 Å². The average molecular weight is 359 g/mol. The van der Waals surface area contributed by atoms with Crippen molar-refractivity contribution in [3.05, 3.63) is 54.4 Å². The van der Waals surface area contributed by atoms with Crippen LogP contribution in [0.2, 0.25) is 0 Å². The Balaban J connectivity index is 1.56. The number of pyridine rings is 2. The van der Waals surface area contributed by atoms with Gasteiger partial charge in [-0.2, -0.15) is 0 Å². The molecule has 6 heteroatoms. The SMILES string of the molecule is Cc1cc(-n2cnc(-c3cc4c(cn3)C(C)(C)C(=O)N4C3CC3)c2)ccn1. The van der Waals surface area contributed by atoms with E-state index in [1.54, 1.807) is 12.5 Å². The summed E-state index contributed by atoms with van der Waals surface area (Å²) in [5.41, 5.74) is 5.03. The van der Waals surface area contributed by atoms with Gasteiger partial charge in [0.25, 0.3) is 0 Å². The second kappa shape index (κ2) is 5.49. The van der Waals surface area contributed by atoms with Crippen molar-refractivity contribution >= 4 is 11.6 Å². The van der Waals surface area contributed by atoms with E-state index < -0.39 is 5.41 Å². The van der Waals surface area contributed by atoms with Crippen molar-refractivity contribution in [3.8, 4) is 17.1 Å². The van der Waals surface area contributed by atoms with Crippen molar-refractivity contribution in [2.24, 2.45) is 0 Å². The molecular formula is C21H21N5O. The molecule has 3 aromatic rings. The number of aromatic nitrogens is 4. The minimum atomic E-state index is -0.516. The van der Waals surface area contributed by atoms with Gasteiger partial charge in [-0.05, 0) is 51.8 Å². The molecule has 1 aliphatic heterocycles. The molecule has 0 saturated heterocycles. The molecule has 5 rings (SSSR count). The molecule has 2 aliphatic rings. The summed E-state index contributed by atoms with van der Waals surface area (Å²) in [6.45, 7) is 5.94. The van der Waals surface area contributed by atoms with Crippen molar-refractivity contribution in [3.63, 3.8) is 0 Å². The highest BCUT2D eigenvalue weighted by Gasteiger charge is 2.49. The Kier molecular flexibility index (Phi) is 3.29. The van der Waals surface area contributed by atoms with Crippen LogP contribution in [0.25, 0.3) is 17.1 Å². The quantitative estimate of drug-likeness (QED) is 0.719. The van der Waals surface area contributed by atoms with Gasteiger partial charge >= 0.3 is 0 Å². The normalized spacial score (nSPS) is 18.0. The summed E-state index contributed by atoms with van der Waals surface area (Å²) in [5.74, 6) is 0.178. The van der Waals surface area contributed by atoms with Gasteiger partial charge in [0.05, 0.1) is 23.1 Å². The zero-order valence-corrected chi connectivity index (χ0v) is 15.7. The van der Waals surface area contributed by atoms with E-state index in [-0.39, 0.29) is 5.91 Å². The third kappa shape index (κ3) is 2.47. The Hall–Kier alpha value is -3.02. The standard InChI is InChI=1S/C21H21N5O/c1-13-8-15(6-7-22-13)25-11-18(24-12-25)17-9-19-16(10-23-17)21(2,3)20(27)26(19)14-4-5-14/h6-12,14H,4-5H2,1-3H3. The van der Waals surface area contributed by atoms with Gasteiger partial charge in [0.15, 0.2) is 0 Å². The van der Waals surface area contributed by atoms with E-state index in [1.165, 1.54) is 0 Å². The molecule has 0 aromatic carbocycles. The molecule has 0 unspecified atom stereocenters. The first-order valence-electron chi connectivity index (χ1n) is 9.27. The van der Waals surface area contributed by atoms with Crippen molar-refractivity contribution in [2.75, 3.05) is 4.90 Å². The number of carbonyl (C=O) groups is 1. The molecule has 6 nitrogen and oxygen atoms in total. The van der Waals surface area contributed by atoms with Crippen LogP contribution in [0.4, 0.5) is 5.69 Å². The van der Waals surface area contributed by atoms with Crippen molar-refractivity contribution in [2.45, 2.75) is 45.1 Å². The number of hydrogen-bond acceptors (Lipinski definition) is 4. The van der Waals surface area contributed by atoms with E-state index in [0.717, 1.165) is 46.9 Å². The second-order valence-corrected chi connectivity index (χ2v) is 7.94. The largest absolute Gasteiger partial charge is 0.308 e. The number of fused-ring (bicyclic) bond motifs is 1. The van der Waals surface area contributed by atoms with E-state index >= 15 is 0 Å². The maximum atomic E-state index is 12.9. The molecule has 27 heavy (non-hydrogen) atoms. The Morgan fingerprint density at radius 3 is 2.67 bits per heavy atom. The Labute approximate surface area is 157 Å². The van der Waals surface area contributed by atoms with Crippen LogP contribution in [0.15, 0.2) is 43.1 Å². The molecule has 3 aromatic heterocycles. The maximum Gasteiger partial charge on any atom is 0.237 e. The monoisotopic (exact) mass is 359 g/mol. The van der Waals surface area contributed by atoms with Crippen LogP contribution in [0.5, 0.6) is 0 Å². The number of nitrogens with zero attached hydrogens (tertiary/aromatic N) is 5. The van der Waals surface area contributed by atoms with Gasteiger partial charge in [-0.15, -0.1) is 0 Å². The number of aryl methyl sites for hydroxylation is 1. The van der Waals surface area contributed by atoms with E-state index in [2.05, 4.69) is 15.0 Å². The molecule has 1 aliphatic carbocycles. The topological polar surface area (TPSA) is 63.9 Å². The summed E-state index contributed by atoms with van der Waals surface area (Å²) >= 11 is 0. The minimum Gasteiger partial charge on any atom is -0.308 e. The first-order chi connectivity index (χ1) is 12.9. The number of imidazole rings is 1. The zero-order chi connectivity index (χ0) is 18.8. The Morgan fingerprint density at radius 2 is 1.93 bits per heavy atom. The highest BCUT2D eigenvalue weighted by atomic mass is 16.2. The summed E-state index contributed by atoms with van der Waals surface area (Å²) in [4.78, 5) is 28.3. The van der Waals surface area contributed by atoms with E-state index in [1.807, 2.05) is 60.8 Å². The minimum absolute atomic E-state index is 0.178. The molecule has 0 radical (unpaired) electrons. The summed E-state index contributed by atoms with van der Waals surface area (Å²) in [6.07, 6.45) is 9.54. The van der Waals surface area contributed by atoms with E-state index in [4.69, 9.17) is 0 Å². The van der Waals surface area contributed by atoms with E-state index in [0.29, 0.717) is 6.04 Å². The van der Waals surface area contributed by atoms with Gasteiger partial charge in [-0.25, -0.2) is 4.98 Å². The lowest BCUT2D eigenvalue weighted by molar-refractivity contribution is -0.122. The summed E-state index contributed by atoms with van der Waals surface area (Å²) in [7, 11) is 0. The van der Waals surface area contributed by atoms with Gasteiger partial charge in [-0.3, -0.25) is 14.8 Å². The third-order valence-corrected chi connectivity index (χ3v) is 5.50. The smallest absolute Gasteiger partial charge is 0.237 e. The van der Waals surface area contributed by atoms with Crippen LogP contribution in [-0.2, 0) is 10.2 Å². The van der Waals surface area contributed by atoms with Crippen molar-refractivity contribution in [1.29, 1.82) is 0 Å². The number of amides is 1. The van der Waals surface area contributed by atoms with Gasteiger partial charge in [0.1, 0.15) is 5.69 Å². The van der Waals surface area contributed by atoms with Crippen molar-refractivity contribution in [1.82, 2.24) is 19.5 Å². The molecule has 1 saturated carbocycles. The van der Waals surface area contributed by atoms with Crippen LogP contribution >= 0.6 is 0 Å². The Morgan fingerprint density at radius 1 is 1.11 bits per heavy atom. The lowest BCUT2D eigenvalue weighted by Crippen LogP contribution is -2.37. The number of hydrogen-bond donors (Lipinski definition) is 0. The molecule has 0 bridgehead atoms. The summed E-state index contributed by atoms with van der Waals surface area (Å²) in [6, 6.07) is 6.32. The fourth-order valence-electron chi connectivity index (χ4n) is 3.77. The van der Waals surface area contributed by atoms with Crippen LogP contribution in [-0.4, -0.2) is 31.5 Å². The van der Waals surface area contributed by atoms with Crippen LogP contribution in [0.1, 0.15) is 37.9 Å². The highest BCUT2D eigenvalue weighted by Crippen LogP contribution is 2.47.